The van der Waals surface area contributed by atoms with Crippen LogP contribution >= 0.6 is 11.6 Å². The minimum atomic E-state index is -0.421. The molecule has 2 rings (SSSR count). The van der Waals surface area contributed by atoms with Crippen molar-refractivity contribution >= 4 is 23.3 Å². The highest BCUT2D eigenvalue weighted by Crippen LogP contribution is 2.24. The van der Waals surface area contributed by atoms with Crippen molar-refractivity contribution in [3.05, 3.63) is 58.5 Å². The number of halogens is 2. The lowest BCUT2D eigenvalue weighted by molar-refractivity contribution is 0.0740. The van der Waals surface area contributed by atoms with Gasteiger partial charge in [-0.3, -0.25) is 4.79 Å². The van der Waals surface area contributed by atoms with Crippen LogP contribution in [0.5, 0.6) is 0 Å². The highest BCUT2D eigenvalue weighted by Gasteiger charge is 2.21. The second-order valence-corrected chi connectivity index (χ2v) is 5.11. The summed E-state index contributed by atoms with van der Waals surface area (Å²) in [6, 6.07) is 7.39. The molecular formula is C15H15ClFN3O. The van der Waals surface area contributed by atoms with Crippen molar-refractivity contribution in [1.29, 1.82) is 0 Å². The smallest absolute Gasteiger partial charge is 0.255 e. The lowest BCUT2D eigenvalue weighted by atomic mass is 10.1. The molecule has 4 nitrogen and oxygen atoms in total. The molecule has 0 fully saturated rings. The summed E-state index contributed by atoms with van der Waals surface area (Å²) in [4.78, 5) is 17.7. The molecule has 6 heteroatoms. The molecule has 0 saturated heterocycles. The summed E-state index contributed by atoms with van der Waals surface area (Å²) in [5.74, 6) is -0.490. The van der Waals surface area contributed by atoms with Crippen molar-refractivity contribution in [3.8, 4) is 0 Å². The van der Waals surface area contributed by atoms with Gasteiger partial charge in [0.25, 0.3) is 5.91 Å². The van der Waals surface area contributed by atoms with Crippen LogP contribution in [-0.4, -0.2) is 22.8 Å². The van der Waals surface area contributed by atoms with Gasteiger partial charge in [0.05, 0.1) is 16.6 Å². The van der Waals surface area contributed by atoms with Gasteiger partial charge in [-0.1, -0.05) is 29.8 Å². The van der Waals surface area contributed by atoms with Crippen molar-refractivity contribution in [2.75, 3.05) is 12.8 Å². The first kappa shape index (κ1) is 15.3. The first-order valence-corrected chi connectivity index (χ1v) is 6.72. The zero-order valence-electron chi connectivity index (χ0n) is 11.7. The minimum Gasteiger partial charge on any atom is -0.382 e. The fourth-order valence-corrected chi connectivity index (χ4v) is 2.13. The van der Waals surface area contributed by atoms with Crippen molar-refractivity contribution in [3.63, 3.8) is 0 Å². The monoisotopic (exact) mass is 307 g/mol. The highest BCUT2D eigenvalue weighted by atomic mass is 35.5. The Bertz CT molecular complexity index is 678. The maximum Gasteiger partial charge on any atom is 0.255 e. The Balaban J connectivity index is 2.26. The van der Waals surface area contributed by atoms with Gasteiger partial charge in [-0.25, -0.2) is 9.37 Å². The van der Waals surface area contributed by atoms with E-state index < -0.39 is 6.04 Å². The van der Waals surface area contributed by atoms with Gasteiger partial charge in [0.1, 0.15) is 11.6 Å². The van der Waals surface area contributed by atoms with Crippen LogP contribution in [0.3, 0.4) is 0 Å². The zero-order chi connectivity index (χ0) is 15.6. The number of benzene rings is 1. The van der Waals surface area contributed by atoms with E-state index in [-0.39, 0.29) is 22.6 Å². The molecule has 2 aromatic rings. The number of nitrogen functional groups attached to an aromatic ring is 1. The second kappa shape index (κ2) is 6.10. The summed E-state index contributed by atoms with van der Waals surface area (Å²) in [6.07, 6.45) is 1.36. The molecule has 110 valence electrons. The summed E-state index contributed by atoms with van der Waals surface area (Å²) in [7, 11) is 1.60. The van der Waals surface area contributed by atoms with Crippen LogP contribution in [-0.2, 0) is 0 Å². The van der Waals surface area contributed by atoms with Crippen LogP contribution in [0.2, 0.25) is 5.02 Å². The number of pyridine rings is 1. The van der Waals surface area contributed by atoms with E-state index in [0.717, 1.165) is 0 Å². The molecule has 0 aliphatic rings. The summed E-state index contributed by atoms with van der Waals surface area (Å²) >= 11 is 5.87. The zero-order valence-corrected chi connectivity index (χ0v) is 12.4. The molecule has 1 heterocycles. The molecule has 0 spiro atoms. The molecule has 1 amide bonds. The van der Waals surface area contributed by atoms with E-state index in [1.165, 1.54) is 23.2 Å². The Morgan fingerprint density at radius 2 is 2.10 bits per heavy atom. The van der Waals surface area contributed by atoms with Gasteiger partial charge < -0.3 is 10.6 Å². The number of amides is 1. The molecular weight excluding hydrogens is 293 g/mol. The fraction of sp³-hybridized carbons (Fsp3) is 0.200. The van der Waals surface area contributed by atoms with E-state index in [2.05, 4.69) is 4.98 Å². The van der Waals surface area contributed by atoms with E-state index in [1.54, 1.807) is 32.2 Å². The third-order valence-corrected chi connectivity index (χ3v) is 3.68. The Morgan fingerprint density at radius 3 is 2.71 bits per heavy atom. The van der Waals surface area contributed by atoms with E-state index >= 15 is 0 Å². The van der Waals surface area contributed by atoms with Crippen LogP contribution in [0, 0.1) is 5.82 Å². The van der Waals surface area contributed by atoms with Crippen molar-refractivity contribution in [1.82, 2.24) is 9.88 Å². The number of hydrogen-bond acceptors (Lipinski definition) is 3. The Morgan fingerprint density at radius 1 is 1.43 bits per heavy atom. The Labute approximate surface area is 127 Å². The third kappa shape index (κ3) is 3.13. The first-order chi connectivity index (χ1) is 9.91. The van der Waals surface area contributed by atoms with E-state index in [9.17, 15) is 9.18 Å². The third-order valence-electron chi connectivity index (χ3n) is 3.37. The minimum absolute atomic E-state index is 0.165. The first-order valence-electron chi connectivity index (χ1n) is 6.34. The lowest BCUT2D eigenvalue weighted by Crippen LogP contribution is -2.30. The summed E-state index contributed by atoms with van der Waals surface area (Å²) < 4.78 is 13.8. The Hall–Kier alpha value is -2.14. The maximum absolute atomic E-state index is 13.8. The summed E-state index contributed by atoms with van der Waals surface area (Å²) in [5.41, 5.74) is 6.27. The second-order valence-electron chi connectivity index (χ2n) is 4.70. The largest absolute Gasteiger partial charge is 0.382 e. The predicted molar refractivity (Wildman–Crippen MR) is 80.6 cm³/mol. The number of nitrogens with zero attached hydrogens (tertiary/aromatic N) is 2. The molecule has 0 saturated carbocycles. The topological polar surface area (TPSA) is 59.2 Å². The average molecular weight is 308 g/mol. The van der Waals surface area contributed by atoms with Gasteiger partial charge in [-0.2, -0.15) is 0 Å². The number of aromatic nitrogens is 1. The number of carbonyl (C=O) groups is 1. The summed E-state index contributed by atoms with van der Waals surface area (Å²) in [6.45, 7) is 1.75. The Kier molecular flexibility index (Phi) is 4.43. The van der Waals surface area contributed by atoms with Gasteiger partial charge in [0.15, 0.2) is 0 Å². The average Bonchev–Trinajstić information content (AvgIpc) is 2.48. The van der Waals surface area contributed by atoms with Gasteiger partial charge in [-0.15, -0.1) is 0 Å². The molecule has 1 aromatic heterocycles. The molecule has 0 radical (unpaired) electrons. The quantitative estimate of drug-likeness (QED) is 0.946. The van der Waals surface area contributed by atoms with Crippen molar-refractivity contribution in [2.24, 2.45) is 0 Å². The van der Waals surface area contributed by atoms with Crippen LogP contribution in [0.15, 0.2) is 36.5 Å². The van der Waals surface area contributed by atoms with Gasteiger partial charge in [0, 0.05) is 18.8 Å². The standard InChI is InChI=1S/C15H15ClFN3O/c1-9(11-5-3-4-6-13(11)17)20(2)15(21)10-7-12(16)14(18)19-8-10/h3-9H,1-2H3,(H2,18,19). The number of nitrogens with two attached hydrogens (primary N) is 1. The lowest BCUT2D eigenvalue weighted by Gasteiger charge is -2.25. The van der Waals surface area contributed by atoms with Crippen LogP contribution < -0.4 is 5.73 Å². The van der Waals surface area contributed by atoms with Crippen LogP contribution in [0.25, 0.3) is 0 Å². The van der Waals surface area contributed by atoms with Gasteiger partial charge >= 0.3 is 0 Å². The molecule has 0 aliphatic carbocycles. The number of carbonyl (C=O) groups excluding carboxylic acids is 1. The molecule has 0 aliphatic heterocycles. The molecule has 0 bridgehead atoms. The van der Waals surface area contributed by atoms with E-state index in [0.29, 0.717) is 11.1 Å². The van der Waals surface area contributed by atoms with Crippen molar-refractivity contribution < 1.29 is 9.18 Å². The molecule has 21 heavy (non-hydrogen) atoms. The molecule has 1 atom stereocenters. The van der Waals surface area contributed by atoms with Crippen molar-refractivity contribution in [2.45, 2.75) is 13.0 Å². The predicted octanol–water partition coefficient (Wildman–Crippen LogP) is 3.29. The normalized spacial score (nSPS) is 12.0. The molecule has 1 aromatic carbocycles. The molecule has 2 N–H and O–H groups in total. The SMILES string of the molecule is CC(c1ccccc1F)N(C)C(=O)c1cnc(N)c(Cl)c1. The van der Waals surface area contributed by atoms with Crippen LogP contribution in [0.4, 0.5) is 10.2 Å². The van der Waals surface area contributed by atoms with Gasteiger partial charge in [0.2, 0.25) is 0 Å². The number of anilines is 1. The van der Waals surface area contributed by atoms with Crippen LogP contribution in [0.1, 0.15) is 28.9 Å². The number of hydrogen-bond donors (Lipinski definition) is 1. The van der Waals surface area contributed by atoms with E-state index in [1.807, 2.05) is 0 Å². The van der Waals surface area contributed by atoms with Gasteiger partial charge in [-0.05, 0) is 19.1 Å². The fourth-order valence-electron chi connectivity index (χ4n) is 1.97. The van der Waals surface area contributed by atoms with E-state index in [4.69, 9.17) is 17.3 Å². The number of rotatable bonds is 3. The highest BCUT2D eigenvalue weighted by molar-refractivity contribution is 6.33. The molecule has 1 unspecified atom stereocenters. The summed E-state index contributed by atoms with van der Waals surface area (Å²) in [5, 5.41) is 0.216. The maximum atomic E-state index is 13.8.